The predicted molar refractivity (Wildman–Crippen MR) is 142 cm³/mol. The third kappa shape index (κ3) is 6.79. The average molecular weight is 495 g/mol. The Balaban J connectivity index is 1.77. The third-order valence-electron chi connectivity index (χ3n) is 6.97. The Labute approximate surface area is 204 Å². The zero-order chi connectivity index (χ0) is 24.0. The number of carbonyl (C=O) groups is 1. The average Bonchev–Trinajstić information content (AvgIpc) is 3.14. The molecule has 3 rings (SSSR count). The van der Waals surface area contributed by atoms with Crippen molar-refractivity contribution in [1.82, 2.24) is 16.0 Å². The number of hydrogen-bond donors (Lipinski definition) is 3. The van der Waals surface area contributed by atoms with Crippen molar-refractivity contribution in [2.75, 3.05) is 19.6 Å². The van der Waals surface area contributed by atoms with Crippen LogP contribution in [0, 0.1) is 5.92 Å². The molecule has 0 aromatic heterocycles. The van der Waals surface area contributed by atoms with Crippen molar-refractivity contribution in [3.8, 4) is 0 Å². The summed E-state index contributed by atoms with van der Waals surface area (Å²) in [5.74, 6) is 2.31. The monoisotopic (exact) mass is 495 g/mol. The minimum atomic E-state index is -3.02. The summed E-state index contributed by atoms with van der Waals surface area (Å²) < 4.78 is 28.7. The van der Waals surface area contributed by atoms with E-state index in [0.29, 0.717) is 23.2 Å². The first-order chi connectivity index (χ1) is 15.8. The van der Waals surface area contributed by atoms with Crippen LogP contribution in [0.25, 0.3) is 0 Å². The number of alkyl halides is 2. The van der Waals surface area contributed by atoms with Gasteiger partial charge in [-0.2, -0.15) is 0 Å². The Morgan fingerprint density at radius 1 is 1.36 bits per heavy atom. The van der Waals surface area contributed by atoms with Crippen molar-refractivity contribution in [2.24, 2.45) is 5.92 Å². The van der Waals surface area contributed by atoms with Gasteiger partial charge in [-0.15, -0.1) is 0 Å². The van der Waals surface area contributed by atoms with Gasteiger partial charge in [0.1, 0.15) is 0 Å². The molecule has 3 unspecified atom stereocenters. The van der Waals surface area contributed by atoms with Crippen LogP contribution in [0.15, 0.2) is 32.9 Å². The van der Waals surface area contributed by atoms with Gasteiger partial charge in [0.05, 0.1) is 0 Å². The van der Waals surface area contributed by atoms with Crippen molar-refractivity contribution >= 4 is 40.5 Å². The molecule has 4 nitrogen and oxygen atoms in total. The van der Waals surface area contributed by atoms with E-state index in [9.17, 15) is 13.6 Å². The van der Waals surface area contributed by atoms with Crippen molar-refractivity contribution in [1.29, 1.82) is 0 Å². The Morgan fingerprint density at radius 3 is 2.82 bits per heavy atom. The maximum atomic E-state index is 14.3. The fraction of sp³-hybridized carbons (Fsp3) is 0.667. The van der Waals surface area contributed by atoms with Gasteiger partial charge in [-0.1, -0.05) is 13.3 Å². The molecule has 2 aliphatic heterocycles. The van der Waals surface area contributed by atoms with Gasteiger partial charge in [0.15, 0.2) is 0 Å². The van der Waals surface area contributed by atoms with Crippen LogP contribution in [0.1, 0.15) is 65.2 Å². The molecule has 0 bridgehead atoms. The van der Waals surface area contributed by atoms with Crippen LogP contribution in [0.4, 0.5) is 13.6 Å². The van der Waals surface area contributed by atoms with Crippen LogP contribution >= 0.6 is 21.0 Å². The predicted octanol–water partition coefficient (Wildman–Crippen LogP) is 4.77. The number of nitrogens with one attached hydrogen (secondary N) is 3. The zero-order valence-electron chi connectivity index (χ0n) is 19.9. The summed E-state index contributed by atoms with van der Waals surface area (Å²) in [4.78, 5) is 12.8. The molecular weight excluding hydrogens is 458 g/mol. The number of unbranched alkanes of at least 4 members (excludes halogenated alkanes) is 1. The number of fused-ring (bicyclic) bond motifs is 1. The molecule has 2 amide bonds. The van der Waals surface area contributed by atoms with E-state index in [1.165, 1.54) is 25.3 Å². The van der Waals surface area contributed by atoms with Crippen LogP contribution in [0.3, 0.4) is 0 Å². The first kappa shape index (κ1) is 26.6. The third-order valence-corrected chi connectivity index (χ3v) is 8.85. The van der Waals surface area contributed by atoms with Gasteiger partial charge < -0.3 is 0 Å². The molecule has 1 saturated carbocycles. The van der Waals surface area contributed by atoms with Crippen LogP contribution in [0.2, 0.25) is 0 Å². The summed E-state index contributed by atoms with van der Waals surface area (Å²) >= 11 is 1.72. The molecule has 0 radical (unpaired) electrons. The maximum absolute atomic E-state index is 14.3. The first-order valence-corrected chi connectivity index (χ1v) is 13.6. The number of halogens is 2. The number of hydrogen-bond acceptors (Lipinski definition) is 3. The molecular formula is C24H37BF2N3OPS. The molecule has 182 valence electrons. The van der Waals surface area contributed by atoms with E-state index in [1.807, 2.05) is 5.97 Å². The van der Waals surface area contributed by atoms with Gasteiger partial charge in [0, 0.05) is 0 Å². The second-order valence-corrected chi connectivity index (χ2v) is 11.2. The number of thioether (sulfide) groups is 1. The molecule has 33 heavy (non-hydrogen) atoms. The standard InChI is InChI=1S/C24H37BF2N3OPS/c1-3-4-7-16-13-28-11-10-17(16)20(15(2)24(26,27)32)14-29-23(31)30-22-19(12-25)18-8-5-6-9-21(18)33-22/h12,18,21,25,28H,3-11,13-14,32H2,1-2H3,(H2,29,30,31)/b20-15+. The van der Waals surface area contributed by atoms with Crippen LogP contribution in [0.5, 0.6) is 0 Å². The summed E-state index contributed by atoms with van der Waals surface area (Å²) in [5.41, 5.74) is 0.826. The summed E-state index contributed by atoms with van der Waals surface area (Å²) in [7, 11) is 5.61. The summed E-state index contributed by atoms with van der Waals surface area (Å²) in [6, 6.07) is -0.350. The summed E-state index contributed by atoms with van der Waals surface area (Å²) in [5, 5.41) is 10.6. The van der Waals surface area contributed by atoms with Crippen LogP contribution in [-0.2, 0) is 0 Å². The van der Waals surface area contributed by atoms with E-state index < -0.39 is 5.66 Å². The molecule has 0 aromatic carbocycles. The van der Waals surface area contributed by atoms with Crippen molar-refractivity contribution in [3.63, 3.8) is 0 Å². The first-order valence-electron chi connectivity index (χ1n) is 12.1. The number of urea groups is 1. The molecule has 2 heterocycles. The van der Waals surface area contributed by atoms with Gasteiger partial charge >= 0.3 is 191 Å². The van der Waals surface area contributed by atoms with Gasteiger partial charge in [0.2, 0.25) is 0 Å². The fourth-order valence-electron chi connectivity index (χ4n) is 5.04. The molecule has 0 saturated heterocycles. The van der Waals surface area contributed by atoms with E-state index >= 15 is 0 Å². The number of amides is 2. The van der Waals surface area contributed by atoms with Gasteiger partial charge in [-0.25, -0.2) is 0 Å². The van der Waals surface area contributed by atoms with E-state index in [0.717, 1.165) is 61.4 Å². The quantitative estimate of drug-likeness (QED) is 0.319. The number of allylic oxidation sites excluding steroid dienone is 2. The second-order valence-electron chi connectivity index (χ2n) is 9.18. The van der Waals surface area contributed by atoms with Gasteiger partial charge in [0.25, 0.3) is 0 Å². The Bertz CT molecular complexity index is 853. The molecule has 3 atom stereocenters. The van der Waals surface area contributed by atoms with E-state index in [2.05, 4.69) is 30.4 Å². The van der Waals surface area contributed by atoms with Gasteiger partial charge in [-0.05, 0) is 0 Å². The van der Waals surface area contributed by atoms with Crippen molar-refractivity contribution in [3.05, 3.63) is 32.9 Å². The van der Waals surface area contributed by atoms with Crippen LogP contribution in [-0.4, -0.2) is 50.0 Å². The zero-order valence-corrected chi connectivity index (χ0v) is 21.8. The number of rotatable bonds is 9. The van der Waals surface area contributed by atoms with E-state index in [4.69, 9.17) is 0 Å². The molecule has 1 aliphatic carbocycles. The summed E-state index contributed by atoms with van der Waals surface area (Å²) in [6.07, 6.45) is 8.37. The van der Waals surface area contributed by atoms with Crippen LogP contribution < -0.4 is 16.0 Å². The molecule has 0 aromatic rings. The van der Waals surface area contributed by atoms with E-state index in [-0.39, 0.29) is 18.1 Å². The Kier molecular flexibility index (Phi) is 9.78. The Morgan fingerprint density at radius 2 is 2.12 bits per heavy atom. The summed E-state index contributed by atoms with van der Waals surface area (Å²) in [6.45, 7) is 5.16. The topological polar surface area (TPSA) is 53.2 Å². The fourth-order valence-corrected chi connectivity index (χ4v) is 6.77. The van der Waals surface area contributed by atoms with E-state index in [1.54, 1.807) is 21.0 Å². The molecule has 3 aliphatic rings. The molecule has 9 heteroatoms. The normalized spacial score (nSPS) is 24.4. The number of carbonyl (C=O) groups excluding carboxylic acids is 1. The van der Waals surface area contributed by atoms with Gasteiger partial charge in [-0.3, -0.25) is 0 Å². The molecule has 3 N–H and O–H groups in total. The minimum absolute atomic E-state index is 0.00551. The van der Waals surface area contributed by atoms with Crippen molar-refractivity contribution in [2.45, 2.75) is 76.1 Å². The SMILES string of the molecule is B=CC1=C(NC(=O)NC/C(C2=C(CCCC)CNCC2)=C(/C)C(F)(F)P)SC2CCCCC12. The van der Waals surface area contributed by atoms with Crippen molar-refractivity contribution < 1.29 is 13.6 Å². The molecule has 1 fully saturated rings. The molecule has 0 spiro atoms. The Hall–Kier alpha value is -0.975. The second kappa shape index (κ2) is 12.1.